The highest BCUT2D eigenvalue weighted by molar-refractivity contribution is 6.00. The van der Waals surface area contributed by atoms with E-state index in [0.717, 1.165) is 6.42 Å². The van der Waals surface area contributed by atoms with Gasteiger partial charge in [-0.3, -0.25) is 9.59 Å². The van der Waals surface area contributed by atoms with Crippen LogP contribution in [0.4, 0.5) is 17.3 Å². The van der Waals surface area contributed by atoms with Gasteiger partial charge in [-0.25, -0.2) is 4.98 Å². The summed E-state index contributed by atoms with van der Waals surface area (Å²) in [6.07, 6.45) is 4.81. The topological polar surface area (TPSA) is 126 Å². The average molecular weight is 425 g/mol. The highest BCUT2D eigenvalue weighted by Crippen LogP contribution is 2.23. The molecule has 0 bridgehead atoms. The number of nitrogens with one attached hydrogen (secondary N) is 3. The van der Waals surface area contributed by atoms with E-state index in [-0.39, 0.29) is 29.7 Å². The van der Waals surface area contributed by atoms with Crippen molar-refractivity contribution in [2.24, 2.45) is 0 Å². The Morgan fingerprint density at radius 1 is 1.32 bits per heavy atom. The van der Waals surface area contributed by atoms with Gasteiger partial charge < -0.3 is 25.6 Å². The minimum atomic E-state index is -0.375. The Bertz CT molecular complexity index is 1170. The van der Waals surface area contributed by atoms with Crippen molar-refractivity contribution in [2.45, 2.75) is 51.3 Å². The number of amides is 1. The summed E-state index contributed by atoms with van der Waals surface area (Å²) in [5.74, 6) is 0.743. The van der Waals surface area contributed by atoms with E-state index in [1.165, 1.54) is 6.20 Å². The lowest BCUT2D eigenvalue weighted by Crippen LogP contribution is -2.33. The molecule has 10 heteroatoms. The molecule has 2 atom stereocenters. The molecule has 3 aromatic heterocycles. The number of carbonyl (C=O) groups excluding carboxylic acids is 1. The second-order valence-electron chi connectivity index (χ2n) is 8.06. The summed E-state index contributed by atoms with van der Waals surface area (Å²) in [4.78, 5) is 30.1. The first-order valence-electron chi connectivity index (χ1n) is 10.4. The molecule has 0 aromatic carbocycles. The van der Waals surface area contributed by atoms with Crippen molar-refractivity contribution in [2.75, 3.05) is 17.7 Å². The zero-order valence-electron chi connectivity index (χ0n) is 17.8. The Hall–Kier alpha value is -3.40. The van der Waals surface area contributed by atoms with Gasteiger partial charge in [0, 0.05) is 31.4 Å². The molecule has 0 saturated heterocycles. The highest BCUT2D eigenvalue weighted by Gasteiger charge is 2.26. The summed E-state index contributed by atoms with van der Waals surface area (Å²) in [5, 5.41) is 23.1. The zero-order valence-corrected chi connectivity index (χ0v) is 17.8. The van der Waals surface area contributed by atoms with Gasteiger partial charge in [0.05, 0.1) is 12.3 Å². The van der Waals surface area contributed by atoms with Crippen LogP contribution in [0.3, 0.4) is 0 Å². The summed E-state index contributed by atoms with van der Waals surface area (Å²) in [6, 6.07) is 5.18. The summed E-state index contributed by atoms with van der Waals surface area (Å²) in [5.41, 5.74) is 0.928. The molecule has 164 valence electrons. The predicted molar refractivity (Wildman–Crippen MR) is 118 cm³/mol. The third-order valence-corrected chi connectivity index (χ3v) is 5.51. The van der Waals surface area contributed by atoms with Gasteiger partial charge in [0.2, 0.25) is 0 Å². The molecule has 4 N–H and O–H groups in total. The van der Waals surface area contributed by atoms with Crippen molar-refractivity contribution in [1.82, 2.24) is 24.5 Å². The quantitative estimate of drug-likeness (QED) is 0.475. The molecule has 10 nitrogen and oxygen atoms in total. The largest absolute Gasteiger partial charge is 0.393 e. The number of aliphatic hydroxyl groups excluding tert-OH is 1. The zero-order chi connectivity index (χ0) is 22.1. The van der Waals surface area contributed by atoms with Crippen LogP contribution in [0.15, 0.2) is 35.4 Å². The number of aromatic nitrogens is 4. The van der Waals surface area contributed by atoms with Crippen LogP contribution in [0.2, 0.25) is 0 Å². The van der Waals surface area contributed by atoms with E-state index in [1.807, 2.05) is 13.8 Å². The van der Waals surface area contributed by atoms with Crippen LogP contribution in [0.1, 0.15) is 49.5 Å². The fraction of sp³-hybridized carbons (Fsp3) is 0.429. The number of carbonyl (C=O) groups is 1. The van der Waals surface area contributed by atoms with Gasteiger partial charge in [0.15, 0.2) is 5.65 Å². The molecule has 0 spiro atoms. The van der Waals surface area contributed by atoms with Crippen LogP contribution >= 0.6 is 0 Å². The van der Waals surface area contributed by atoms with Crippen LogP contribution in [0.5, 0.6) is 0 Å². The first-order chi connectivity index (χ1) is 14.9. The lowest BCUT2D eigenvalue weighted by atomic mass is 10.2. The number of anilines is 3. The fourth-order valence-electron chi connectivity index (χ4n) is 3.87. The Morgan fingerprint density at radius 3 is 2.81 bits per heavy atom. The van der Waals surface area contributed by atoms with E-state index >= 15 is 0 Å². The standard InChI is InChI=1S/C21H27N7O3/c1-12(2)27-8-4-5-16(21(27)31)25-17-10-18(22-3)28-19(26-17)15(11-23-28)20(30)24-13-6-7-14(29)9-13/h4-5,8,10-14,22,29H,6-7,9H2,1-3H3,(H,24,30)(H,25,26)/t13?,14-/m0/s1. The molecule has 4 rings (SSSR count). The van der Waals surface area contributed by atoms with E-state index in [4.69, 9.17) is 0 Å². The Balaban J connectivity index is 1.68. The molecule has 1 saturated carbocycles. The lowest BCUT2D eigenvalue weighted by molar-refractivity contribution is 0.0935. The maximum absolute atomic E-state index is 12.8. The molecule has 3 aromatic rings. The van der Waals surface area contributed by atoms with Crippen molar-refractivity contribution in [1.29, 1.82) is 0 Å². The predicted octanol–water partition coefficient (Wildman–Crippen LogP) is 1.90. The smallest absolute Gasteiger partial charge is 0.274 e. The van der Waals surface area contributed by atoms with E-state index in [1.54, 1.807) is 40.5 Å². The Labute approximate surface area is 179 Å². The third-order valence-electron chi connectivity index (χ3n) is 5.51. The number of fused-ring (bicyclic) bond motifs is 1. The van der Waals surface area contributed by atoms with Gasteiger partial charge in [-0.05, 0) is 45.2 Å². The molecule has 3 heterocycles. The normalized spacial score (nSPS) is 18.5. The van der Waals surface area contributed by atoms with Gasteiger partial charge in [-0.15, -0.1) is 0 Å². The summed E-state index contributed by atoms with van der Waals surface area (Å²) < 4.78 is 3.18. The van der Waals surface area contributed by atoms with Crippen LogP contribution in [0.25, 0.3) is 5.65 Å². The minimum Gasteiger partial charge on any atom is -0.393 e. The van der Waals surface area contributed by atoms with Crippen LogP contribution in [-0.2, 0) is 0 Å². The molecular weight excluding hydrogens is 398 g/mol. The van der Waals surface area contributed by atoms with Gasteiger partial charge in [0.1, 0.15) is 22.9 Å². The molecule has 1 aliphatic rings. The molecular formula is C21H27N7O3. The number of aliphatic hydroxyl groups is 1. The fourth-order valence-corrected chi connectivity index (χ4v) is 3.87. The van der Waals surface area contributed by atoms with Gasteiger partial charge >= 0.3 is 0 Å². The maximum Gasteiger partial charge on any atom is 0.274 e. The van der Waals surface area contributed by atoms with E-state index in [2.05, 4.69) is 26.0 Å². The summed E-state index contributed by atoms with van der Waals surface area (Å²) in [6.45, 7) is 3.88. The van der Waals surface area contributed by atoms with Crippen molar-refractivity contribution in [3.8, 4) is 0 Å². The number of hydrogen-bond acceptors (Lipinski definition) is 7. The first-order valence-corrected chi connectivity index (χ1v) is 10.4. The summed E-state index contributed by atoms with van der Waals surface area (Å²) in [7, 11) is 1.74. The van der Waals surface area contributed by atoms with Crippen molar-refractivity contribution < 1.29 is 9.90 Å². The van der Waals surface area contributed by atoms with Crippen molar-refractivity contribution in [3.63, 3.8) is 0 Å². The van der Waals surface area contributed by atoms with Crippen LogP contribution < -0.4 is 21.5 Å². The maximum atomic E-state index is 12.8. The molecule has 31 heavy (non-hydrogen) atoms. The minimum absolute atomic E-state index is 0.0248. The van der Waals surface area contributed by atoms with Gasteiger partial charge in [-0.2, -0.15) is 9.61 Å². The SMILES string of the molecule is CNc1cc(Nc2cccn(C(C)C)c2=O)nc2c(C(=O)NC3CC[C@H](O)C3)cnn12. The van der Waals surface area contributed by atoms with Gasteiger partial charge in [0.25, 0.3) is 11.5 Å². The van der Waals surface area contributed by atoms with Crippen LogP contribution in [-0.4, -0.2) is 49.4 Å². The number of pyridine rings is 1. The molecule has 1 amide bonds. The Morgan fingerprint density at radius 2 is 2.13 bits per heavy atom. The second-order valence-corrected chi connectivity index (χ2v) is 8.06. The molecule has 0 radical (unpaired) electrons. The number of nitrogens with zero attached hydrogens (tertiary/aromatic N) is 4. The molecule has 1 aliphatic carbocycles. The van der Waals surface area contributed by atoms with E-state index < -0.39 is 0 Å². The monoisotopic (exact) mass is 425 g/mol. The third kappa shape index (κ3) is 4.11. The number of rotatable bonds is 6. The lowest BCUT2D eigenvalue weighted by Gasteiger charge is -2.14. The van der Waals surface area contributed by atoms with Crippen molar-refractivity contribution in [3.05, 3.63) is 46.5 Å². The molecule has 0 aliphatic heterocycles. The van der Waals surface area contributed by atoms with Crippen LogP contribution in [0, 0.1) is 0 Å². The molecule has 1 unspecified atom stereocenters. The van der Waals surface area contributed by atoms with Crippen molar-refractivity contribution >= 4 is 28.9 Å². The average Bonchev–Trinajstić information content (AvgIpc) is 3.34. The Kier molecular flexibility index (Phi) is 5.64. The first kappa shape index (κ1) is 20.9. The highest BCUT2D eigenvalue weighted by atomic mass is 16.3. The molecule has 1 fully saturated rings. The van der Waals surface area contributed by atoms with E-state index in [9.17, 15) is 14.7 Å². The second kappa shape index (κ2) is 8.38. The van der Waals surface area contributed by atoms with E-state index in [0.29, 0.717) is 41.4 Å². The van der Waals surface area contributed by atoms with Gasteiger partial charge in [-0.1, -0.05) is 0 Å². The summed E-state index contributed by atoms with van der Waals surface area (Å²) >= 11 is 0. The number of hydrogen-bond donors (Lipinski definition) is 4.